The molecule has 0 fully saturated rings. The molecule has 0 aliphatic rings. The summed E-state index contributed by atoms with van der Waals surface area (Å²) in [5, 5.41) is 11.5. The number of rotatable bonds is 7. The first-order valence-electron chi connectivity index (χ1n) is 7.28. The molecule has 5 heteroatoms. The van der Waals surface area contributed by atoms with Crippen molar-refractivity contribution in [3.63, 3.8) is 0 Å². The monoisotopic (exact) mass is 286 g/mol. The van der Waals surface area contributed by atoms with Crippen LogP contribution >= 0.6 is 0 Å². The predicted octanol–water partition coefficient (Wildman–Crippen LogP) is 2.95. The lowest BCUT2D eigenvalue weighted by molar-refractivity contribution is -0.137. The maximum Gasteiger partial charge on any atom is 0.317 e. The van der Waals surface area contributed by atoms with Crippen molar-refractivity contribution in [1.82, 2.24) is 10.2 Å². The van der Waals surface area contributed by atoms with Crippen LogP contribution in [0.25, 0.3) is 0 Å². The van der Waals surface area contributed by atoms with E-state index in [2.05, 4.69) is 26.1 Å². The van der Waals surface area contributed by atoms with E-state index in [0.717, 1.165) is 6.42 Å². The number of carboxylic acids is 1. The van der Waals surface area contributed by atoms with Gasteiger partial charge in [-0.1, -0.05) is 27.7 Å². The fourth-order valence-electron chi connectivity index (χ4n) is 1.82. The lowest BCUT2D eigenvalue weighted by atomic mass is 9.87. The number of nitrogens with one attached hydrogen (secondary N) is 1. The van der Waals surface area contributed by atoms with Gasteiger partial charge in [-0.3, -0.25) is 4.79 Å². The van der Waals surface area contributed by atoms with Crippen LogP contribution in [0.1, 0.15) is 53.9 Å². The zero-order valence-corrected chi connectivity index (χ0v) is 13.7. The normalized spacial score (nSPS) is 14.5. The van der Waals surface area contributed by atoms with Gasteiger partial charge in [-0.05, 0) is 31.1 Å². The summed E-state index contributed by atoms with van der Waals surface area (Å²) >= 11 is 0. The summed E-state index contributed by atoms with van der Waals surface area (Å²) in [6, 6.07) is 0.0739. The molecule has 0 aromatic rings. The highest BCUT2D eigenvalue weighted by Crippen LogP contribution is 2.22. The summed E-state index contributed by atoms with van der Waals surface area (Å²) in [4.78, 5) is 24.2. The van der Waals surface area contributed by atoms with E-state index in [1.165, 1.54) is 0 Å². The van der Waals surface area contributed by atoms with Gasteiger partial charge in [-0.25, -0.2) is 4.79 Å². The van der Waals surface area contributed by atoms with E-state index in [1.54, 1.807) is 11.9 Å². The Morgan fingerprint density at radius 3 is 2.20 bits per heavy atom. The molecule has 0 spiro atoms. The average molecular weight is 286 g/mol. The highest BCUT2D eigenvalue weighted by molar-refractivity contribution is 5.74. The smallest absolute Gasteiger partial charge is 0.317 e. The summed E-state index contributed by atoms with van der Waals surface area (Å²) in [7, 11) is 1.80. The van der Waals surface area contributed by atoms with Gasteiger partial charge in [0.05, 0.1) is 0 Å². The molecule has 0 aliphatic heterocycles. The summed E-state index contributed by atoms with van der Waals surface area (Å²) in [5.41, 5.74) is 0.0425. The van der Waals surface area contributed by atoms with Crippen molar-refractivity contribution in [3.05, 3.63) is 0 Å². The Balaban J connectivity index is 4.02. The average Bonchev–Trinajstić information content (AvgIpc) is 2.33. The van der Waals surface area contributed by atoms with Crippen LogP contribution in [-0.4, -0.2) is 41.6 Å². The molecule has 0 rings (SSSR count). The molecule has 2 unspecified atom stereocenters. The number of aliphatic carboxylic acids is 1. The van der Waals surface area contributed by atoms with Crippen LogP contribution in [-0.2, 0) is 4.79 Å². The van der Waals surface area contributed by atoms with Gasteiger partial charge in [-0.2, -0.15) is 0 Å². The van der Waals surface area contributed by atoms with Gasteiger partial charge < -0.3 is 15.3 Å². The molecule has 0 heterocycles. The molecule has 2 atom stereocenters. The Morgan fingerprint density at radius 2 is 1.75 bits per heavy atom. The van der Waals surface area contributed by atoms with Crippen molar-refractivity contribution < 1.29 is 14.7 Å². The van der Waals surface area contributed by atoms with Gasteiger partial charge in [0, 0.05) is 26.1 Å². The molecule has 0 bridgehead atoms. The molecule has 0 aromatic heterocycles. The lowest BCUT2D eigenvalue weighted by Gasteiger charge is -2.35. The van der Waals surface area contributed by atoms with Crippen LogP contribution in [0.15, 0.2) is 0 Å². The van der Waals surface area contributed by atoms with Crippen molar-refractivity contribution >= 4 is 12.0 Å². The zero-order valence-electron chi connectivity index (χ0n) is 13.7. The number of carbonyl (C=O) groups excluding carboxylic acids is 1. The number of carbonyl (C=O) groups is 2. The standard InChI is InChI=1S/C15H30N2O3/c1-11(7-8-13(18)19)9-10-16-14(20)17(6)12(2)15(3,4)5/h11-12H,7-10H2,1-6H3,(H,16,20)(H,18,19). The highest BCUT2D eigenvalue weighted by atomic mass is 16.4. The number of nitrogens with zero attached hydrogens (tertiary/aromatic N) is 1. The lowest BCUT2D eigenvalue weighted by Crippen LogP contribution is -2.47. The molecule has 0 radical (unpaired) electrons. The second-order valence-electron chi connectivity index (χ2n) is 6.71. The SMILES string of the molecule is CC(CCNC(=O)N(C)C(C)C(C)(C)C)CCC(=O)O. The fraction of sp³-hybridized carbons (Fsp3) is 0.867. The van der Waals surface area contributed by atoms with Crippen LogP contribution in [0.5, 0.6) is 0 Å². The minimum atomic E-state index is -0.764. The molecule has 2 N–H and O–H groups in total. The number of amides is 2. The summed E-state index contributed by atoms with van der Waals surface area (Å²) in [5.74, 6) is -0.462. The third kappa shape index (κ3) is 7.36. The molecular weight excluding hydrogens is 256 g/mol. The van der Waals surface area contributed by atoms with Gasteiger partial charge in [0.1, 0.15) is 0 Å². The Labute approximate surface area is 122 Å². The van der Waals surface area contributed by atoms with E-state index in [0.29, 0.717) is 18.9 Å². The number of carboxylic acid groups (broad SMARTS) is 1. The minimum Gasteiger partial charge on any atom is -0.481 e. The van der Waals surface area contributed by atoms with E-state index in [-0.39, 0.29) is 23.9 Å². The van der Waals surface area contributed by atoms with Gasteiger partial charge in [0.2, 0.25) is 0 Å². The molecule has 0 aliphatic carbocycles. The predicted molar refractivity (Wildman–Crippen MR) is 80.7 cm³/mol. The minimum absolute atomic E-state index is 0.0425. The second-order valence-corrected chi connectivity index (χ2v) is 6.71. The van der Waals surface area contributed by atoms with Crippen LogP contribution in [0.3, 0.4) is 0 Å². The first kappa shape index (κ1) is 18.7. The van der Waals surface area contributed by atoms with Crippen molar-refractivity contribution in [3.8, 4) is 0 Å². The molecule has 118 valence electrons. The Morgan fingerprint density at radius 1 is 1.20 bits per heavy atom. The largest absolute Gasteiger partial charge is 0.481 e. The molecule has 0 aromatic carbocycles. The second kappa shape index (κ2) is 8.12. The van der Waals surface area contributed by atoms with Crippen LogP contribution in [0, 0.1) is 11.3 Å². The van der Waals surface area contributed by atoms with Crippen molar-refractivity contribution in [2.75, 3.05) is 13.6 Å². The summed E-state index contributed by atoms with van der Waals surface area (Å²) in [6.45, 7) is 11.0. The van der Waals surface area contributed by atoms with Crippen molar-refractivity contribution in [2.45, 2.75) is 59.9 Å². The zero-order chi connectivity index (χ0) is 15.9. The van der Waals surface area contributed by atoms with E-state index >= 15 is 0 Å². The molecule has 0 saturated heterocycles. The van der Waals surface area contributed by atoms with Crippen molar-refractivity contribution in [1.29, 1.82) is 0 Å². The summed E-state index contributed by atoms with van der Waals surface area (Å²) in [6.07, 6.45) is 1.65. The molecule has 2 amide bonds. The van der Waals surface area contributed by atoms with E-state index in [4.69, 9.17) is 5.11 Å². The first-order chi connectivity index (χ1) is 9.05. The summed E-state index contributed by atoms with van der Waals surface area (Å²) < 4.78 is 0. The van der Waals surface area contributed by atoms with E-state index < -0.39 is 5.97 Å². The Kier molecular flexibility index (Phi) is 7.61. The van der Waals surface area contributed by atoms with Crippen LogP contribution < -0.4 is 5.32 Å². The van der Waals surface area contributed by atoms with Crippen molar-refractivity contribution in [2.24, 2.45) is 11.3 Å². The molecular formula is C15H30N2O3. The number of urea groups is 1. The maximum atomic E-state index is 12.0. The van der Waals surface area contributed by atoms with E-state index in [1.807, 2.05) is 13.8 Å². The fourth-order valence-corrected chi connectivity index (χ4v) is 1.82. The molecule has 0 saturated carbocycles. The number of hydrogen-bond donors (Lipinski definition) is 2. The number of hydrogen-bond acceptors (Lipinski definition) is 2. The van der Waals surface area contributed by atoms with Gasteiger partial charge >= 0.3 is 12.0 Å². The maximum absolute atomic E-state index is 12.0. The van der Waals surface area contributed by atoms with E-state index in [9.17, 15) is 9.59 Å². The third-order valence-corrected chi connectivity index (χ3v) is 3.92. The molecule has 5 nitrogen and oxygen atoms in total. The van der Waals surface area contributed by atoms with Gasteiger partial charge in [-0.15, -0.1) is 0 Å². The Bertz CT molecular complexity index is 324. The highest BCUT2D eigenvalue weighted by Gasteiger charge is 2.26. The molecule has 20 heavy (non-hydrogen) atoms. The quantitative estimate of drug-likeness (QED) is 0.756. The van der Waals surface area contributed by atoms with Crippen LogP contribution in [0.4, 0.5) is 4.79 Å². The van der Waals surface area contributed by atoms with Crippen LogP contribution in [0.2, 0.25) is 0 Å². The topological polar surface area (TPSA) is 69.6 Å². The first-order valence-corrected chi connectivity index (χ1v) is 7.28. The van der Waals surface area contributed by atoms with Gasteiger partial charge in [0.15, 0.2) is 0 Å². The third-order valence-electron chi connectivity index (χ3n) is 3.92. The Hall–Kier alpha value is -1.26. The van der Waals surface area contributed by atoms with Gasteiger partial charge in [0.25, 0.3) is 0 Å².